The van der Waals surface area contributed by atoms with Gasteiger partial charge in [0, 0.05) is 17.8 Å². The smallest absolute Gasteiger partial charge is 0.294 e. The summed E-state index contributed by atoms with van der Waals surface area (Å²) < 4.78 is 32.6. The maximum atomic E-state index is 14.0. The van der Waals surface area contributed by atoms with Gasteiger partial charge < -0.3 is 9.73 Å². The lowest BCUT2D eigenvalue weighted by molar-refractivity contribution is -0.127. The fourth-order valence-electron chi connectivity index (χ4n) is 3.08. The molecule has 1 aliphatic rings. The number of carbonyl (C=O) groups excluding carboxylic acids is 3. The minimum atomic E-state index is -0.786. The van der Waals surface area contributed by atoms with E-state index < -0.39 is 35.2 Å². The summed E-state index contributed by atoms with van der Waals surface area (Å²) >= 11 is 0.673. The zero-order chi connectivity index (χ0) is 22.8. The molecule has 0 atom stereocenters. The van der Waals surface area contributed by atoms with Gasteiger partial charge in [-0.2, -0.15) is 0 Å². The second-order valence-corrected chi connectivity index (χ2v) is 7.95. The van der Waals surface area contributed by atoms with Crippen molar-refractivity contribution >= 4 is 40.6 Å². The Morgan fingerprint density at radius 3 is 2.66 bits per heavy atom. The molecule has 9 heteroatoms. The minimum Gasteiger partial charge on any atom is -0.457 e. The highest BCUT2D eigenvalue weighted by Gasteiger charge is 2.36. The van der Waals surface area contributed by atoms with Crippen molar-refractivity contribution in [3.63, 3.8) is 0 Å². The number of hydrogen-bond donors (Lipinski definition) is 1. The van der Waals surface area contributed by atoms with E-state index in [2.05, 4.69) is 5.32 Å². The third-order valence-corrected chi connectivity index (χ3v) is 5.60. The Hall–Kier alpha value is -3.72. The molecule has 0 bridgehead atoms. The van der Waals surface area contributed by atoms with Crippen LogP contribution in [0.1, 0.15) is 11.3 Å². The number of anilines is 1. The summed E-state index contributed by atoms with van der Waals surface area (Å²) in [7, 11) is 0. The van der Waals surface area contributed by atoms with E-state index in [9.17, 15) is 23.2 Å². The average molecular weight is 454 g/mol. The van der Waals surface area contributed by atoms with E-state index in [1.54, 1.807) is 12.1 Å². The third kappa shape index (κ3) is 4.47. The molecule has 162 valence electrons. The second kappa shape index (κ2) is 8.80. The van der Waals surface area contributed by atoms with Gasteiger partial charge in [-0.1, -0.05) is 18.2 Å². The Labute approximate surface area is 185 Å². The van der Waals surface area contributed by atoms with E-state index in [0.29, 0.717) is 17.4 Å². The molecule has 2 aromatic carbocycles. The first-order chi connectivity index (χ1) is 15.3. The van der Waals surface area contributed by atoms with Gasteiger partial charge in [0.25, 0.3) is 11.1 Å². The van der Waals surface area contributed by atoms with E-state index >= 15 is 0 Å². The van der Waals surface area contributed by atoms with Crippen LogP contribution in [-0.2, 0) is 9.59 Å². The fraction of sp³-hybridized carbons (Fsp3) is 0.0870. The number of halogens is 2. The molecule has 0 spiro atoms. The summed E-state index contributed by atoms with van der Waals surface area (Å²) in [6, 6.07) is 13.2. The molecule has 32 heavy (non-hydrogen) atoms. The van der Waals surface area contributed by atoms with Crippen LogP contribution in [0, 0.1) is 18.6 Å². The monoisotopic (exact) mass is 454 g/mol. The van der Waals surface area contributed by atoms with Crippen LogP contribution in [0.2, 0.25) is 0 Å². The predicted molar refractivity (Wildman–Crippen MR) is 117 cm³/mol. The maximum absolute atomic E-state index is 14.0. The van der Waals surface area contributed by atoms with Crippen LogP contribution in [-0.4, -0.2) is 28.5 Å². The van der Waals surface area contributed by atoms with Gasteiger partial charge in [-0.15, -0.1) is 0 Å². The first-order valence-electron chi connectivity index (χ1n) is 9.48. The van der Waals surface area contributed by atoms with E-state index in [-0.39, 0.29) is 22.0 Å². The number of thioether (sulfide) groups is 1. The largest absolute Gasteiger partial charge is 0.457 e. The van der Waals surface area contributed by atoms with Gasteiger partial charge in [-0.3, -0.25) is 19.3 Å². The van der Waals surface area contributed by atoms with Crippen molar-refractivity contribution in [3.8, 4) is 11.3 Å². The molecule has 6 nitrogen and oxygen atoms in total. The molecule has 1 fully saturated rings. The molecule has 3 amide bonds. The summed E-state index contributed by atoms with van der Waals surface area (Å²) in [6.45, 7) is 1.40. The lowest BCUT2D eigenvalue weighted by Crippen LogP contribution is -2.36. The van der Waals surface area contributed by atoms with Crippen LogP contribution < -0.4 is 5.32 Å². The maximum Gasteiger partial charge on any atom is 0.294 e. The standard InChI is InChI=1S/C23H16F2N2O4S/c1-13-4-2-3-5-18(13)26-21(28)12-27-22(29)20(32-23(27)30)11-15-7-9-19(31-15)16-8-6-14(24)10-17(16)25/h2-11H,12H2,1H3,(H,26,28)/b20-11+. The molecular weight excluding hydrogens is 438 g/mol. The summed E-state index contributed by atoms with van der Waals surface area (Å²) in [5.41, 5.74) is 1.50. The molecule has 0 saturated carbocycles. The summed E-state index contributed by atoms with van der Waals surface area (Å²) in [6.07, 6.45) is 1.34. The number of benzene rings is 2. The van der Waals surface area contributed by atoms with E-state index in [4.69, 9.17) is 4.42 Å². The Bertz CT molecular complexity index is 1270. The predicted octanol–water partition coefficient (Wildman–Crippen LogP) is 5.21. The number of carbonyl (C=O) groups is 3. The lowest BCUT2D eigenvalue weighted by Gasteiger charge is -2.13. The molecule has 1 N–H and O–H groups in total. The van der Waals surface area contributed by atoms with Crippen molar-refractivity contribution in [1.29, 1.82) is 0 Å². The average Bonchev–Trinajstić information content (AvgIpc) is 3.30. The third-order valence-electron chi connectivity index (χ3n) is 4.69. The van der Waals surface area contributed by atoms with E-state index in [0.717, 1.165) is 22.6 Å². The number of furan rings is 1. The van der Waals surface area contributed by atoms with Gasteiger partial charge in [0.2, 0.25) is 5.91 Å². The number of para-hydroxylation sites is 1. The number of amides is 3. The number of hydrogen-bond acceptors (Lipinski definition) is 5. The summed E-state index contributed by atoms with van der Waals surface area (Å²) in [5.74, 6) is -2.28. The summed E-state index contributed by atoms with van der Waals surface area (Å²) in [5, 5.41) is 2.09. The molecular formula is C23H16F2N2O4S. The van der Waals surface area contributed by atoms with Crippen LogP contribution in [0.25, 0.3) is 17.4 Å². The fourth-order valence-corrected chi connectivity index (χ4v) is 3.89. The highest BCUT2D eigenvalue weighted by Crippen LogP contribution is 2.33. The first kappa shape index (κ1) is 21.5. The molecule has 1 aromatic heterocycles. The number of rotatable bonds is 5. The highest BCUT2D eigenvalue weighted by atomic mass is 32.2. The second-order valence-electron chi connectivity index (χ2n) is 6.96. The van der Waals surface area contributed by atoms with Crippen molar-refractivity contribution in [2.24, 2.45) is 0 Å². The molecule has 1 saturated heterocycles. The zero-order valence-corrected chi connectivity index (χ0v) is 17.5. The van der Waals surface area contributed by atoms with Gasteiger partial charge in [0.15, 0.2) is 0 Å². The quantitative estimate of drug-likeness (QED) is 0.536. The van der Waals surface area contributed by atoms with Gasteiger partial charge in [-0.05, 0) is 54.6 Å². The first-order valence-corrected chi connectivity index (χ1v) is 10.3. The number of aryl methyl sites for hydroxylation is 1. The van der Waals surface area contributed by atoms with Crippen LogP contribution in [0.3, 0.4) is 0 Å². The number of nitrogens with zero attached hydrogens (tertiary/aromatic N) is 1. The van der Waals surface area contributed by atoms with Crippen molar-refractivity contribution in [2.45, 2.75) is 6.92 Å². The SMILES string of the molecule is Cc1ccccc1NC(=O)CN1C(=O)S/C(=C/c2ccc(-c3ccc(F)cc3F)o2)C1=O. The van der Waals surface area contributed by atoms with Gasteiger partial charge in [0.1, 0.15) is 29.7 Å². The van der Waals surface area contributed by atoms with Crippen LogP contribution in [0.5, 0.6) is 0 Å². The minimum absolute atomic E-state index is 0.0621. The Morgan fingerprint density at radius 2 is 1.91 bits per heavy atom. The Balaban J connectivity index is 1.47. The summed E-state index contributed by atoms with van der Waals surface area (Å²) in [4.78, 5) is 38.1. The van der Waals surface area contributed by atoms with Gasteiger partial charge in [-0.25, -0.2) is 8.78 Å². The highest BCUT2D eigenvalue weighted by molar-refractivity contribution is 8.18. The normalized spacial score (nSPS) is 15.0. The molecule has 3 aromatic rings. The zero-order valence-electron chi connectivity index (χ0n) is 16.7. The molecule has 0 aliphatic carbocycles. The van der Waals surface area contributed by atoms with Gasteiger partial charge in [0.05, 0.1) is 10.5 Å². The molecule has 0 radical (unpaired) electrons. The van der Waals surface area contributed by atoms with Crippen molar-refractivity contribution in [2.75, 3.05) is 11.9 Å². The van der Waals surface area contributed by atoms with Crippen LogP contribution in [0.4, 0.5) is 19.3 Å². The Kier molecular flexibility index (Phi) is 5.91. The van der Waals surface area contributed by atoms with Crippen LogP contribution >= 0.6 is 11.8 Å². The van der Waals surface area contributed by atoms with Gasteiger partial charge >= 0.3 is 0 Å². The molecule has 2 heterocycles. The van der Waals surface area contributed by atoms with E-state index in [1.165, 1.54) is 24.3 Å². The van der Waals surface area contributed by atoms with Crippen molar-refractivity contribution in [1.82, 2.24) is 4.90 Å². The topological polar surface area (TPSA) is 79.6 Å². The molecule has 1 aliphatic heterocycles. The van der Waals surface area contributed by atoms with Crippen molar-refractivity contribution < 1.29 is 27.6 Å². The molecule has 0 unspecified atom stereocenters. The van der Waals surface area contributed by atoms with E-state index in [1.807, 2.05) is 19.1 Å². The molecule has 4 rings (SSSR count). The Morgan fingerprint density at radius 1 is 1.12 bits per heavy atom. The van der Waals surface area contributed by atoms with Crippen molar-refractivity contribution in [3.05, 3.63) is 82.5 Å². The number of nitrogens with one attached hydrogen (secondary N) is 1. The lowest BCUT2D eigenvalue weighted by atomic mass is 10.1. The number of imide groups is 1. The van der Waals surface area contributed by atoms with Crippen LogP contribution in [0.15, 0.2) is 63.9 Å².